The summed E-state index contributed by atoms with van der Waals surface area (Å²) in [5.41, 5.74) is 7.44. The van der Waals surface area contributed by atoms with Crippen molar-refractivity contribution in [3.8, 4) is 11.4 Å². The second-order valence-electron chi connectivity index (χ2n) is 5.49. The number of nitrogens with zero attached hydrogens (tertiary/aromatic N) is 2. The van der Waals surface area contributed by atoms with Crippen molar-refractivity contribution >= 4 is 28.5 Å². The van der Waals surface area contributed by atoms with Crippen LogP contribution in [-0.2, 0) is 11.3 Å². The summed E-state index contributed by atoms with van der Waals surface area (Å²) in [5.74, 6) is -0.217. The molecule has 3 aromatic rings. The summed E-state index contributed by atoms with van der Waals surface area (Å²) < 4.78 is 4.35. The molecule has 0 saturated heterocycles. The van der Waals surface area contributed by atoms with E-state index in [9.17, 15) is 9.59 Å². The number of nitrogens with one attached hydrogen (secondary N) is 2. The Morgan fingerprint density at radius 1 is 1.04 bits per heavy atom. The number of nitrogens with two attached hydrogens (primary N) is 1. The highest BCUT2D eigenvalue weighted by atomic mass is 32.1. The zero-order chi connectivity index (χ0) is 18.4. The Morgan fingerprint density at radius 3 is 2.46 bits per heavy atom. The van der Waals surface area contributed by atoms with Gasteiger partial charge in [0.1, 0.15) is 0 Å². The zero-order valence-electron chi connectivity index (χ0n) is 13.8. The van der Waals surface area contributed by atoms with E-state index in [-0.39, 0.29) is 12.5 Å². The molecule has 0 aliphatic heterocycles. The predicted molar refractivity (Wildman–Crippen MR) is 101 cm³/mol. The third-order valence-electron chi connectivity index (χ3n) is 3.54. The van der Waals surface area contributed by atoms with Crippen LogP contribution in [0.2, 0.25) is 0 Å². The van der Waals surface area contributed by atoms with Crippen molar-refractivity contribution in [2.45, 2.75) is 6.54 Å². The third kappa shape index (κ3) is 4.64. The molecule has 0 aliphatic carbocycles. The SMILES string of the molecule is NC(=O)CNC(=O)c1ccc(CNc2nc(-c3ccccc3)ns2)cc1. The maximum absolute atomic E-state index is 11.8. The molecule has 8 heteroatoms. The minimum absolute atomic E-state index is 0.178. The average molecular weight is 367 g/mol. The first-order valence-electron chi connectivity index (χ1n) is 7.90. The van der Waals surface area contributed by atoms with Crippen molar-refractivity contribution in [2.24, 2.45) is 5.73 Å². The summed E-state index contributed by atoms with van der Waals surface area (Å²) in [5, 5.41) is 6.40. The number of aromatic nitrogens is 2. The van der Waals surface area contributed by atoms with Crippen molar-refractivity contribution in [2.75, 3.05) is 11.9 Å². The normalized spacial score (nSPS) is 10.3. The van der Waals surface area contributed by atoms with Crippen LogP contribution in [-0.4, -0.2) is 27.7 Å². The molecular formula is C18H17N5O2S. The molecule has 0 bridgehead atoms. The minimum atomic E-state index is -0.578. The van der Waals surface area contributed by atoms with Gasteiger partial charge in [0.25, 0.3) is 5.91 Å². The monoisotopic (exact) mass is 367 g/mol. The van der Waals surface area contributed by atoms with Crippen LogP contribution >= 0.6 is 11.5 Å². The van der Waals surface area contributed by atoms with Crippen molar-refractivity contribution in [1.82, 2.24) is 14.7 Å². The topological polar surface area (TPSA) is 110 Å². The molecule has 2 aromatic carbocycles. The fraction of sp³-hybridized carbons (Fsp3) is 0.111. The van der Waals surface area contributed by atoms with E-state index < -0.39 is 5.91 Å². The van der Waals surface area contributed by atoms with Gasteiger partial charge < -0.3 is 16.4 Å². The molecule has 0 atom stereocenters. The molecule has 1 aromatic heterocycles. The Kier molecular flexibility index (Phi) is 5.55. The molecule has 26 heavy (non-hydrogen) atoms. The van der Waals surface area contributed by atoms with Crippen LogP contribution in [0.5, 0.6) is 0 Å². The molecule has 4 N–H and O–H groups in total. The van der Waals surface area contributed by atoms with Gasteiger partial charge in [-0.2, -0.15) is 9.36 Å². The Morgan fingerprint density at radius 2 is 1.77 bits per heavy atom. The second kappa shape index (κ2) is 8.21. The summed E-state index contributed by atoms with van der Waals surface area (Å²) in [7, 11) is 0. The zero-order valence-corrected chi connectivity index (χ0v) is 14.6. The van der Waals surface area contributed by atoms with Gasteiger partial charge in [-0.15, -0.1) is 0 Å². The number of carbonyl (C=O) groups is 2. The summed E-state index contributed by atoms with van der Waals surface area (Å²) >= 11 is 1.30. The molecule has 0 fully saturated rings. The van der Waals surface area contributed by atoms with E-state index in [2.05, 4.69) is 20.0 Å². The lowest BCUT2D eigenvalue weighted by Gasteiger charge is -2.05. The molecule has 0 aliphatic rings. The van der Waals surface area contributed by atoms with Gasteiger partial charge in [0.15, 0.2) is 5.82 Å². The van der Waals surface area contributed by atoms with Crippen LogP contribution in [0.3, 0.4) is 0 Å². The van der Waals surface area contributed by atoms with Crippen LogP contribution in [0.1, 0.15) is 15.9 Å². The molecule has 0 unspecified atom stereocenters. The quantitative estimate of drug-likeness (QED) is 0.592. The number of hydrogen-bond donors (Lipinski definition) is 3. The number of carbonyl (C=O) groups excluding carboxylic acids is 2. The first-order valence-corrected chi connectivity index (χ1v) is 8.67. The molecule has 3 rings (SSSR count). The smallest absolute Gasteiger partial charge is 0.251 e. The summed E-state index contributed by atoms with van der Waals surface area (Å²) in [6, 6.07) is 16.9. The fourth-order valence-corrected chi connectivity index (χ4v) is 2.80. The lowest BCUT2D eigenvalue weighted by atomic mass is 10.1. The van der Waals surface area contributed by atoms with Crippen LogP contribution in [0.15, 0.2) is 54.6 Å². The number of rotatable bonds is 7. The molecule has 0 radical (unpaired) electrons. The molecular weight excluding hydrogens is 350 g/mol. The summed E-state index contributed by atoms with van der Waals surface area (Å²) in [6.45, 7) is 0.384. The summed E-state index contributed by atoms with van der Waals surface area (Å²) in [6.07, 6.45) is 0. The molecule has 7 nitrogen and oxygen atoms in total. The van der Waals surface area contributed by atoms with Crippen LogP contribution < -0.4 is 16.4 Å². The molecule has 132 valence electrons. The minimum Gasteiger partial charge on any atom is -0.368 e. The Hall–Kier alpha value is -3.26. The third-order valence-corrected chi connectivity index (χ3v) is 4.21. The first-order chi connectivity index (χ1) is 12.6. The van der Waals surface area contributed by atoms with Crippen LogP contribution in [0.25, 0.3) is 11.4 Å². The maximum Gasteiger partial charge on any atom is 0.251 e. The molecule has 1 heterocycles. The van der Waals surface area contributed by atoms with E-state index in [0.717, 1.165) is 16.3 Å². The van der Waals surface area contributed by atoms with Crippen LogP contribution in [0, 0.1) is 0 Å². The van der Waals surface area contributed by atoms with E-state index in [0.29, 0.717) is 17.9 Å². The fourth-order valence-electron chi connectivity index (χ4n) is 2.22. The van der Waals surface area contributed by atoms with Crippen molar-refractivity contribution in [3.63, 3.8) is 0 Å². The van der Waals surface area contributed by atoms with E-state index in [4.69, 9.17) is 5.73 Å². The number of anilines is 1. The predicted octanol–water partition coefficient (Wildman–Crippen LogP) is 2.03. The Labute approximate surface area is 154 Å². The van der Waals surface area contributed by atoms with Gasteiger partial charge >= 0.3 is 0 Å². The maximum atomic E-state index is 11.8. The van der Waals surface area contributed by atoms with E-state index >= 15 is 0 Å². The van der Waals surface area contributed by atoms with E-state index in [1.165, 1.54) is 11.5 Å². The lowest BCUT2D eigenvalue weighted by Crippen LogP contribution is -2.33. The van der Waals surface area contributed by atoms with Crippen LogP contribution in [0.4, 0.5) is 5.13 Å². The number of hydrogen-bond acceptors (Lipinski definition) is 6. The van der Waals surface area contributed by atoms with E-state index in [1.807, 2.05) is 42.5 Å². The highest BCUT2D eigenvalue weighted by Crippen LogP contribution is 2.21. The van der Waals surface area contributed by atoms with Gasteiger partial charge in [0, 0.05) is 29.2 Å². The largest absolute Gasteiger partial charge is 0.368 e. The number of primary amides is 1. The van der Waals surface area contributed by atoms with Gasteiger partial charge in [0.05, 0.1) is 6.54 Å². The van der Waals surface area contributed by atoms with E-state index in [1.54, 1.807) is 12.1 Å². The number of amides is 2. The van der Waals surface area contributed by atoms with Crippen molar-refractivity contribution in [1.29, 1.82) is 0 Å². The van der Waals surface area contributed by atoms with Gasteiger partial charge in [-0.3, -0.25) is 9.59 Å². The van der Waals surface area contributed by atoms with Crippen molar-refractivity contribution < 1.29 is 9.59 Å². The lowest BCUT2D eigenvalue weighted by molar-refractivity contribution is -0.117. The second-order valence-corrected chi connectivity index (χ2v) is 6.24. The van der Waals surface area contributed by atoms with Gasteiger partial charge in [-0.05, 0) is 17.7 Å². The molecule has 0 saturated carbocycles. The van der Waals surface area contributed by atoms with Gasteiger partial charge in [0.2, 0.25) is 11.0 Å². The van der Waals surface area contributed by atoms with Gasteiger partial charge in [-0.25, -0.2) is 0 Å². The van der Waals surface area contributed by atoms with Crippen molar-refractivity contribution in [3.05, 3.63) is 65.7 Å². The first kappa shape index (κ1) is 17.6. The average Bonchev–Trinajstić information content (AvgIpc) is 3.14. The van der Waals surface area contributed by atoms with Gasteiger partial charge in [-0.1, -0.05) is 42.5 Å². The number of benzene rings is 2. The Bertz CT molecular complexity index is 893. The Balaban J connectivity index is 1.56. The molecule has 2 amide bonds. The standard InChI is InChI=1S/C18H17N5O2S/c19-15(24)11-20-17(25)14-8-6-12(7-9-14)10-21-18-22-16(23-26-18)13-4-2-1-3-5-13/h1-9H,10-11H2,(H2,19,24)(H,20,25)(H,21,22,23). The summed E-state index contributed by atoms with van der Waals surface area (Å²) in [4.78, 5) is 27.0. The molecule has 0 spiro atoms. The highest BCUT2D eigenvalue weighted by Gasteiger charge is 2.08. The highest BCUT2D eigenvalue weighted by molar-refractivity contribution is 7.09.